The molecule has 1 aromatic heterocycles. The summed E-state index contributed by atoms with van der Waals surface area (Å²) in [6.45, 7) is 2.76. The Morgan fingerprint density at radius 3 is 2.44 bits per heavy atom. The van der Waals surface area contributed by atoms with Crippen LogP contribution in [0.5, 0.6) is 0 Å². The molecule has 12 heteroatoms. The molecule has 1 aliphatic rings. The number of rotatable bonds is 9. The van der Waals surface area contributed by atoms with Gasteiger partial charge in [0.1, 0.15) is 5.82 Å². The van der Waals surface area contributed by atoms with Crippen molar-refractivity contribution in [2.75, 3.05) is 35.8 Å². The van der Waals surface area contributed by atoms with Crippen molar-refractivity contribution in [1.82, 2.24) is 10.4 Å². The molecule has 0 radical (unpaired) electrons. The molecule has 4 rings (SSSR count). The molecule has 0 atom stereocenters. The first-order valence-electron chi connectivity index (χ1n) is 13.4. The molecule has 10 nitrogen and oxygen atoms in total. The maximum atomic E-state index is 14.0. The van der Waals surface area contributed by atoms with Crippen LogP contribution in [0.15, 0.2) is 65.8 Å². The lowest BCUT2D eigenvalue weighted by molar-refractivity contribution is -0.0383. The summed E-state index contributed by atoms with van der Waals surface area (Å²) in [6.07, 6.45) is 0.201. The Balaban J connectivity index is 1.75. The van der Waals surface area contributed by atoms with E-state index < -0.39 is 12.0 Å². The summed E-state index contributed by atoms with van der Waals surface area (Å²) in [5, 5.41) is 9.47. The second-order valence-electron chi connectivity index (χ2n) is 9.99. The van der Waals surface area contributed by atoms with Crippen LogP contribution in [0.4, 0.5) is 30.8 Å². The highest BCUT2D eigenvalue weighted by atomic mass is 19.3. The molecule has 0 bridgehead atoms. The number of amidine groups is 1. The number of hydrogen-bond acceptors (Lipinski definition) is 7. The Kier molecular flexibility index (Phi) is 9.69. The SMILES string of the molecule is COCCN(c1cc(NC(=O)Nc2ccc(C)cc2)cc(-c2ccccc2/C(=N/N)NN)n1)C1CCC(F)(F)CC1. The molecule has 2 aromatic carbocycles. The lowest BCUT2D eigenvalue weighted by Crippen LogP contribution is -2.43. The summed E-state index contributed by atoms with van der Waals surface area (Å²) in [4.78, 5) is 19.9. The van der Waals surface area contributed by atoms with Crippen LogP contribution < -0.4 is 32.6 Å². The second-order valence-corrected chi connectivity index (χ2v) is 9.99. The minimum Gasteiger partial charge on any atom is -0.383 e. The summed E-state index contributed by atoms with van der Waals surface area (Å²) >= 11 is 0. The number of benzene rings is 2. The fourth-order valence-corrected chi connectivity index (χ4v) is 4.91. The van der Waals surface area contributed by atoms with Gasteiger partial charge in [-0.25, -0.2) is 24.4 Å². The van der Waals surface area contributed by atoms with Gasteiger partial charge < -0.3 is 31.5 Å². The lowest BCUT2D eigenvalue weighted by Gasteiger charge is -2.38. The van der Waals surface area contributed by atoms with Crippen LogP contribution in [0.3, 0.4) is 0 Å². The average Bonchev–Trinajstić information content (AvgIpc) is 2.96. The zero-order valence-electron chi connectivity index (χ0n) is 23.2. The number of hydrazone groups is 1. The van der Waals surface area contributed by atoms with Crippen LogP contribution >= 0.6 is 0 Å². The molecule has 1 fully saturated rings. The number of nitrogens with one attached hydrogen (secondary N) is 3. The van der Waals surface area contributed by atoms with Gasteiger partial charge in [0.2, 0.25) is 5.92 Å². The molecule has 0 aliphatic heterocycles. The number of alkyl halides is 2. The number of nitrogens with two attached hydrogens (primary N) is 2. The summed E-state index contributed by atoms with van der Waals surface area (Å²) in [5.41, 5.74) is 6.42. The van der Waals surface area contributed by atoms with Gasteiger partial charge in [-0.05, 0) is 38.0 Å². The fraction of sp³-hybridized carbons (Fsp3) is 0.345. The van der Waals surface area contributed by atoms with Crippen LogP contribution in [0.2, 0.25) is 0 Å². The van der Waals surface area contributed by atoms with Crippen LogP contribution in [-0.4, -0.2) is 49.1 Å². The molecule has 1 saturated carbocycles. The number of hydrazine groups is 1. The molecule has 3 aromatic rings. The van der Waals surface area contributed by atoms with E-state index in [1.54, 1.807) is 25.3 Å². The van der Waals surface area contributed by atoms with Gasteiger partial charge in [-0.1, -0.05) is 42.0 Å². The molecule has 0 unspecified atom stereocenters. The van der Waals surface area contributed by atoms with Crippen LogP contribution in [-0.2, 0) is 4.74 Å². The number of aryl methyl sites for hydroxylation is 1. The molecule has 218 valence electrons. The van der Waals surface area contributed by atoms with E-state index in [0.717, 1.165) is 5.56 Å². The highest BCUT2D eigenvalue weighted by Crippen LogP contribution is 2.37. The van der Waals surface area contributed by atoms with Gasteiger partial charge in [0.15, 0.2) is 5.84 Å². The van der Waals surface area contributed by atoms with Crippen molar-refractivity contribution in [1.29, 1.82) is 0 Å². The van der Waals surface area contributed by atoms with E-state index in [0.29, 0.717) is 60.0 Å². The Hall–Kier alpha value is -4.29. The summed E-state index contributed by atoms with van der Waals surface area (Å²) < 4.78 is 33.4. The lowest BCUT2D eigenvalue weighted by atomic mass is 9.91. The first-order chi connectivity index (χ1) is 19.7. The Morgan fingerprint density at radius 1 is 1.10 bits per heavy atom. The Labute approximate surface area is 238 Å². The maximum Gasteiger partial charge on any atom is 0.323 e. The number of carbonyl (C=O) groups is 1. The number of nitrogens with zero attached hydrogens (tertiary/aromatic N) is 3. The second kappa shape index (κ2) is 13.4. The monoisotopic (exact) mass is 566 g/mol. The van der Waals surface area contributed by atoms with E-state index in [1.165, 1.54) is 0 Å². The zero-order chi connectivity index (χ0) is 29.4. The minimum absolute atomic E-state index is 0.177. The molecule has 0 spiro atoms. The third-order valence-corrected chi connectivity index (χ3v) is 7.06. The zero-order valence-corrected chi connectivity index (χ0v) is 23.2. The van der Waals surface area contributed by atoms with Gasteiger partial charge in [0.25, 0.3) is 0 Å². The number of urea groups is 1. The summed E-state index contributed by atoms with van der Waals surface area (Å²) in [5.74, 6) is 9.31. The third-order valence-electron chi connectivity index (χ3n) is 7.06. The number of amides is 2. The van der Waals surface area contributed by atoms with E-state index in [2.05, 4.69) is 21.2 Å². The molecule has 7 N–H and O–H groups in total. The average molecular weight is 567 g/mol. The molecule has 1 aliphatic carbocycles. The quantitative estimate of drug-likeness (QED) is 0.108. The molecule has 41 heavy (non-hydrogen) atoms. The summed E-state index contributed by atoms with van der Waals surface area (Å²) in [6, 6.07) is 17.5. The van der Waals surface area contributed by atoms with Gasteiger partial charge in [0.05, 0.1) is 12.3 Å². The van der Waals surface area contributed by atoms with Crippen molar-refractivity contribution in [3.05, 3.63) is 71.8 Å². The van der Waals surface area contributed by atoms with Crippen molar-refractivity contribution in [2.45, 2.75) is 44.6 Å². The van der Waals surface area contributed by atoms with Gasteiger partial charge in [-0.2, -0.15) is 5.10 Å². The third kappa shape index (κ3) is 7.68. The highest BCUT2D eigenvalue weighted by molar-refractivity contribution is 6.04. The fourth-order valence-electron chi connectivity index (χ4n) is 4.91. The van der Waals surface area contributed by atoms with Crippen molar-refractivity contribution in [2.24, 2.45) is 16.8 Å². The smallest absolute Gasteiger partial charge is 0.323 e. The predicted molar refractivity (Wildman–Crippen MR) is 158 cm³/mol. The van der Waals surface area contributed by atoms with E-state index >= 15 is 0 Å². The number of pyridine rings is 1. The maximum absolute atomic E-state index is 14.0. The molecule has 2 amide bonds. The largest absolute Gasteiger partial charge is 0.383 e. The normalized spacial score (nSPS) is 15.3. The van der Waals surface area contributed by atoms with Crippen molar-refractivity contribution in [3.63, 3.8) is 0 Å². The van der Waals surface area contributed by atoms with E-state index in [1.807, 2.05) is 54.3 Å². The van der Waals surface area contributed by atoms with Crippen molar-refractivity contribution >= 4 is 29.1 Å². The number of hydrogen-bond donors (Lipinski definition) is 5. The van der Waals surface area contributed by atoms with Gasteiger partial charge in [-0.15, -0.1) is 0 Å². The standard InChI is InChI=1S/C29H36F2N8O2/c1-19-7-9-20(10-8-19)34-28(40)35-21-17-25(23-5-3-4-6-24(23)27(37-32)38-33)36-26(18-21)39(15-16-41-2)22-11-13-29(30,31)14-12-22/h3-10,17-18,22H,11-16,32-33H2,1-2H3,(H,37,38)(H2,34,35,36,40). The number of halogens is 2. The van der Waals surface area contributed by atoms with Crippen LogP contribution in [0, 0.1) is 6.92 Å². The first kappa shape index (κ1) is 29.7. The summed E-state index contributed by atoms with van der Waals surface area (Å²) in [7, 11) is 1.59. The van der Waals surface area contributed by atoms with Crippen molar-refractivity contribution < 1.29 is 18.3 Å². The van der Waals surface area contributed by atoms with Gasteiger partial charge in [0, 0.05) is 61.1 Å². The topological polar surface area (TPSA) is 143 Å². The molecular formula is C29H36F2N8O2. The predicted octanol–water partition coefficient (Wildman–Crippen LogP) is 4.82. The van der Waals surface area contributed by atoms with Crippen LogP contribution in [0.1, 0.15) is 36.8 Å². The molecule has 0 saturated heterocycles. The van der Waals surface area contributed by atoms with Crippen molar-refractivity contribution in [3.8, 4) is 11.3 Å². The molecule has 1 heterocycles. The number of carbonyl (C=O) groups excluding carboxylic acids is 1. The highest BCUT2D eigenvalue weighted by Gasteiger charge is 2.37. The molecular weight excluding hydrogens is 530 g/mol. The first-order valence-corrected chi connectivity index (χ1v) is 13.4. The Bertz CT molecular complexity index is 1360. The van der Waals surface area contributed by atoms with E-state index in [4.69, 9.17) is 21.4 Å². The van der Waals surface area contributed by atoms with E-state index in [-0.39, 0.29) is 24.7 Å². The van der Waals surface area contributed by atoms with E-state index in [9.17, 15) is 13.6 Å². The number of anilines is 3. The minimum atomic E-state index is -2.67. The number of aromatic nitrogens is 1. The van der Waals surface area contributed by atoms with Crippen LogP contribution in [0.25, 0.3) is 11.3 Å². The number of ether oxygens (including phenoxy) is 1. The van der Waals surface area contributed by atoms with Gasteiger partial charge >= 0.3 is 6.03 Å². The Morgan fingerprint density at radius 2 is 1.78 bits per heavy atom. The van der Waals surface area contributed by atoms with Gasteiger partial charge in [-0.3, -0.25) is 0 Å². The number of methoxy groups -OCH3 is 1.